The van der Waals surface area contributed by atoms with E-state index in [-0.39, 0.29) is 17.9 Å². The maximum absolute atomic E-state index is 13.7. The topological polar surface area (TPSA) is 41.9 Å². The van der Waals surface area contributed by atoms with E-state index in [1.54, 1.807) is 36.4 Å². The molecule has 2 aliphatic rings. The zero-order valence-electron chi connectivity index (χ0n) is 18.7. The first-order valence-electron chi connectivity index (χ1n) is 11.3. The van der Waals surface area contributed by atoms with Crippen LogP contribution in [0.25, 0.3) is 6.08 Å². The summed E-state index contributed by atoms with van der Waals surface area (Å²) in [5, 5.41) is 7.98. The van der Waals surface area contributed by atoms with E-state index < -0.39 is 0 Å². The summed E-state index contributed by atoms with van der Waals surface area (Å²) >= 11 is 12.2. The second kappa shape index (κ2) is 9.65. The Hall–Kier alpha value is -3.08. The van der Waals surface area contributed by atoms with Crippen LogP contribution in [0.1, 0.15) is 46.8 Å². The summed E-state index contributed by atoms with van der Waals surface area (Å²) in [6.45, 7) is 0. The summed E-state index contributed by atoms with van der Waals surface area (Å²) in [6.07, 6.45) is 5.10. The van der Waals surface area contributed by atoms with Crippen LogP contribution < -0.4 is 4.74 Å². The van der Waals surface area contributed by atoms with Crippen LogP contribution in [0.2, 0.25) is 10.0 Å². The van der Waals surface area contributed by atoms with Crippen molar-refractivity contribution in [3.8, 4) is 5.75 Å². The van der Waals surface area contributed by atoms with E-state index in [9.17, 15) is 4.79 Å². The van der Waals surface area contributed by atoms with Crippen molar-refractivity contribution >= 4 is 40.9 Å². The molecule has 0 saturated heterocycles. The minimum atomic E-state index is -0.184. The fraction of sp³-hybridized carbons (Fsp3) is 0.214. The number of nitrogens with zero attached hydrogens (tertiary/aromatic N) is 2. The van der Waals surface area contributed by atoms with E-state index in [0.717, 1.165) is 36.1 Å². The molecule has 1 aliphatic heterocycles. The molecular weight excluding hydrogens is 467 g/mol. The van der Waals surface area contributed by atoms with Crippen LogP contribution in [-0.4, -0.2) is 23.7 Å². The molecule has 0 N–H and O–H groups in total. The van der Waals surface area contributed by atoms with Gasteiger partial charge in [0.2, 0.25) is 0 Å². The van der Waals surface area contributed by atoms with Crippen molar-refractivity contribution < 1.29 is 9.53 Å². The van der Waals surface area contributed by atoms with Gasteiger partial charge in [0.05, 0.1) is 18.9 Å². The predicted molar refractivity (Wildman–Crippen MR) is 138 cm³/mol. The molecule has 0 aromatic heterocycles. The van der Waals surface area contributed by atoms with Gasteiger partial charge in [-0.15, -0.1) is 0 Å². The van der Waals surface area contributed by atoms with E-state index in [1.807, 2.05) is 48.5 Å². The van der Waals surface area contributed by atoms with Crippen LogP contribution in [-0.2, 0) is 0 Å². The van der Waals surface area contributed by atoms with Crippen molar-refractivity contribution in [1.29, 1.82) is 0 Å². The number of ether oxygens (including phenoxy) is 1. The lowest BCUT2D eigenvalue weighted by molar-refractivity contribution is 0.0681. The number of hydrogen-bond acceptors (Lipinski definition) is 3. The summed E-state index contributed by atoms with van der Waals surface area (Å²) in [7, 11) is 1.61. The van der Waals surface area contributed by atoms with Gasteiger partial charge in [-0.1, -0.05) is 47.5 Å². The number of carbonyl (C=O) groups is 1. The first-order chi connectivity index (χ1) is 16.5. The molecule has 1 amide bonds. The Balaban J connectivity index is 1.56. The standard InChI is InChI=1S/C28H24Cl2N2O2/c1-34-24-15-9-20(10-16-24)28(33)32-27(19-7-13-23(30)14-8-19)25-4-2-3-21(26(25)31-32)17-18-5-11-22(29)12-6-18/h5-17,25,27H,2-4H2,1H3/b21-17+/t25-,27-/m0/s1. The molecule has 4 nitrogen and oxygen atoms in total. The fourth-order valence-corrected chi connectivity index (χ4v) is 5.04. The van der Waals surface area contributed by atoms with E-state index in [1.165, 1.54) is 5.57 Å². The molecule has 0 unspecified atom stereocenters. The molecule has 34 heavy (non-hydrogen) atoms. The zero-order chi connectivity index (χ0) is 23.7. The second-order valence-electron chi connectivity index (χ2n) is 8.58. The highest BCUT2D eigenvalue weighted by Gasteiger charge is 2.43. The molecule has 1 aliphatic carbocycles. The van der Waals surface area contributed by atoms with Crippen molar-refractivity contribution in [3.05, 3.63) is 105 Å². The summed E-state index contributed by atoms with van der Waals surface area (Å²) in [6, 6.07) is 22.5. The molecule has 1 fully saturated rings. The van der Waals surface area contributed by atoms with Gasteiger partial charge < -0.3 is 4.74 Å². The van der Waals surface area contributed by atoms with Gasteiger partial charge in [-0.25, -0.2) is 5.01 Å². The average Bonchev–Trinajstić information content (AvgIpc) is 3.26. The first-order valence-corrected chi connectivity index (χ1v) is 12.1. The number of rotatable bonds is 4. The monoisotopic (exact) mass is 490 g/mol. The van der Waals surface area contributed by atoms with Gasteiger partial charge in [-0.2, -0.15) is 5.10 Å². The van der Waals surface area contributed by atoms with E-state index in [0.29, 0.717) is 21.4 Å². The maximum atomic E-state index is 13.7. The quantitative estimate of drug-likeness (QED) is 0.381. The molecule has 2 atom stereocenters. The number of amides is 1. The van der Waals surface area contributed by atoms with Gasteiger partial charge in [0.15, 0.2) is 0 Å². The molecule has 0 radical (unpaired) electrons. The Morgan fingerprint density at radius 2 is 1.62 bits per heavy atom. The van der Waals surface area contributed by atoms with Crippen LogP contribution in [0.15, 0.2) is 83.5 Å². The molecule has 6 heteroatoms. The van der Waals surface area contributed by atoms with Crippen LogP contribution in [0.4, 0.5) is 0 Å². The molecule has 1 heterocycles. The summed E-state index contributed by atoms with van der Waals surface area (Å²) < 4.78 is 5.25. The van der Waals surface area contributed by atoms with Crippen molar-refractivity contribution in [1.82, 2.24) is 5.01 Å². The summed E-state index contributed by atoms with van der Waals surface area (Å²) in [4.78, 5) is 13.7. The normalized spacial score (nSPS) is 20.7. The van der Waals surface area contributed by atoms with Crippen molar-refractivity contribution in [2.45, 2.75) is 25.3 Å². The van der Waals surface area contributed by atoms with Crippen molar-refractivity contribution in [2.75, 3.05) is 7.11 Å². The van der Waals surface area contributed by atoms with Gasteiger partial charge in [0.1, 0.15) is 5.75 Å². The lowest BCUT2D eigenvalue weighted by Gasteiger charge is -2.29. The fourth-order valence-electron chi connectivity index (χ4n) is 4.79. The van der Waals surface area contributed by atoms with Crippen molar-refractivity contribution in [3.63, 3.8) is 0 Å². The molecule has 0 spiro atoms. The summed E-state index contributed by atoms with van der Waals surface area (Å²) in [5.41, 5.74) is 4.84. The van der Waals surface area contributed by atoms with E-state index in [2.05, 4.69) is 6.08 Å². The minimum Gasteiger partial charge on any atom is -0.497 e. The number of methoxy groups -OCH3 is 1. The average molecular weight is 491 g/mol. The molecular formula is C28H24Cl2N2O2. The second-order valence-corrected chi connectivity index (χ2v) is 9.45. The lowest BCUT2D eigenvalue weighted by atomic mass is 9.77. The SMILES string of the molecule is COc1ccc(C(=O)N2N=C3/C(=C/c4ccc(Cl)cc4)CCC[C@@H]3[C@@H]2c2ccc(Cl)cc2)cc1. The molecule has 3 aromatic rings. The minimum absolute atomic E-state index is 0.121. The largest absolute Gasteiger partial charge is 0.497 e. The highest BCUT2D eigenvalue weighted by molar-refractivity contribution is 6.30. The van der Waals surface area contributed by atoms with Gasteiger partial charge in [0.25, 0.3) is 5.91 Å². The molecule has 3 aromatic carbocycles. The van der Waals surface area contributed by atoms with Gasteiger partial charge >= 0.3 is 0 Å². The first kappa shape index (κ1) is 22.7. The Morgan fingerprint density at radius 1 is 0.971 bits per heavy atom. The maximum Gasteiger partial charge on any atom is 0.274 e. The third-order valence-corrected chi connectivity index (χ3v) is 6.97. The van der Waals surface area contributed by atoms with Crippen LogP contribution in [0.5, 0.6) is 5.75 Å². The third kappa shape index (κ3) is 4.48. The van der Waals surface area contributed by atoms with E-state index in [4.69, 9.17) is 33.0 Å². The van der Waals surface area contributed by atoms with E-state index >= 15 is 0 Å². The highest BCUT2D eigenvalue weighted by atomic mass is 35.5. The van der Waals surface area contributed by atoms with Gasteiger partial charge in [-0.05, 0) is 90.6 Å². The van der Waals surface area contributed by atoms with Crippen LogP contribution >= 0.6 is 23.2 Å². The number of hydrazone groups is 1. The molecule has 0 bridgehead atoms. The van der Waals surface area contributed by atoms with Crippen LogP contribution in [0.3, 0.4) is 0 Å². The van der Waals surface area contributed by atoms with Gasteiger partial charge in [0, 0.05) is 21.5 Å². The summed E-state index contributed by atoms with van der Waals surface area (Å²) in [5.74, 6) is 0.700. The third-order valence-electron chi connectivity index (χ3n) is 6.47. The zero-order valence-corrected chi connectivity index (χ0v) is 20.3. The number of hydrogen-bond donors (Lipinski definition) is 0. The van der Waals surface area contributed by atoms with Crippen molar-refractivity contribution in [2.24, 2.45) is 11.0 Å². The Morgan fingerprint density at radius 3 is 2.26 bits per heavy atom. The Kier molecular flexibility index (Phi) is 6.44. The number of carbonyl (C=O) groups excluding carboxylic acids is 1. The molecule has 5 rings (SSSR count). The smallest absolute Gasteiger partial charge is 0.274 e. The Bertz CT molecular complexity index is 1250. The van der Waals surface area contributed by atoms with Gasteiger partial charge in [-0.3, -0.25) is 4.79 Å². The lowest BCUT2D eigenvalue weighted by Crippen LogP contribution is -2.31. The number of allylic oxidation sites excluding steroid dienone is 1. The van der Waals surface area contributed by atoms with Crippen LogP contribution in [0, 0.1) is 5.92 Å². The molecule has 1 saturated carbocycles. The predicted octanol–water partition coefficient (Wildman–Crippen LogP) is 7.44. The number of benzene rings is 3. The highest BCUT2D eigenvalue weighted by Crippen LogP contribution is 2.45. The number of halogens is 2. The molecule has 172 valence electrons. The number of fused-ring (bicyclic) bond motifs is 1. The Labute approximate surface area is 209 Å².